The topological polar surface area (TPSA) is 63.2 Å². The number of ether oxygens (including phenoxy) is 1. The van der Waals surface area contributed by atoms with E-state index in [1.807, 2.05) is 45.3 Å². The van der Waals surface area contributed by atoms with Crippen molar-refractivity contribution in [2.75, 3.05) is 6.54 Å². The smallest absolute Gasteiger partial charge is 0.407 e. The Balaban J connectivity index is 1.84. The number of pyridine rings is 1. The fourth-order valence-corrected chi connectivity index (χ4v) is 3.02. The van der Waals surface area contributed by atoms with Crippen LogP contribution in [0.4, 0.5) is 4.79 Å². The van der Waals surface area contributed by atoms with Crippen molar-refractivity contribution < 1.29 is 9.53 Å². The minimum atomic E-state index is -0.476. The van der Waals surface area contributed by atoms with E-state index in [-0.39, 0.29) is 18.2 Å². The van der Waals surface area contributed by atoms with Crippen LogP contribution in [0.25, 0.3) is 10.2 Å². The number of amides is 1. The quantitative estimate of drug-likeness (QED) is 0.871. The number of rotatable bonds is 5. The molecule has 0 fully saturated rings. The van der Waals surface area contributed by atoms with Crippen LogP contribution in [0.1, 0.15) is 46.2 Å². The minimum Gasteiger partial charge on any atom is -0.444 e. The summed E-state index contributed by atoms with van der Waals surface area (Å²) < 4.78 is 6.42. The summed E-state index contributed by atoms with van der Waals surface area (Å²) in [6.45, 7) is 10.2. The van der Waals surface area contributed by atoms with Crippen LogP contribution in [0, 0.1) is 0 Å². The van der Waals surface area contributed by atoms with Gasteiger partial charge in [0.25, 0.3) is 0 Å². The molecule has 126 valence electrons. The fourth-order valence-electron chi connectivity index (χ4n) is 2.23. The number of alkyl carbamates (subject to hydrolysis) is 1. The van der Waals surface area contributed by atoms with E-state index in [1.165, 1.54) is 4.70 Å². The zero-order valence-electron chi connectivity index (χ0n) is 14.3. The molecule has 0 aliphatic rings. The molecule has 2 unspecified atom stereocenters. The predicted octanol–water partition coefficient (Wildman–Crippen LogP) is 3.86. The van der Waals surface area contributed by atoms with Crippen LogP contribution >= 0.6 is 11.3 Å². The highest BCUT2D eigenvalue weighted by Crippen LogP contribution is 2.22. The predicted molar refractivity (Wildman–Crippen MR) is 94.9 cm³/mol. The maximum atomic E-state index is 11.7. The van der Waals surface area contributed by atoms with Crippen LogP contribution in [0.5, 0.6) is 0 Å². The van der Waals surface area contributed by atoms with E-state index in [2.05, 4.69) is 28.6 Å². The van der Waals surface area contributed by atoms with Gasteiger partial charge in [0.15, 0.2) is 0 Å². The van der Waals surface area contributed by atoms with Gasteiger partial charge in [0.2, 0.25) is 0 Å². The molecular weight excluding hydrogens is 310 g/mol. The van der Waals surface area contributed by atoms with Gasteiger partial charge in [-0.2, -0.15) is 0 Å². The van der Waals surface area contributed by atoms with E-state index in [0.717, 1.165) is 11.1 Å². The molecule has 6 heteroatoms. The SMILES string of the molecule is CC(CNC(=O)OC(C)(C)C)NC(C)c1cnc2ccsc2c1. The van der Waals surface area contributed by atoms with Gasteiger partial charge in [0.05, 0.1) is 10.2 Å². The lowest BCUT2D eigenvalue weighted by atomic mass is 10.1. The second-order valence-corrected chi connectivity index (χ2v) is 7.69. The Morgan fingerprint density at radius 2 is 2.13 bits per heavy atom. The monoisotopic (exact) mass is 335 g/mol. The van der Waals surface area contributed by atoms with E-state index in [9.17, 15) is 4.79 Å². The summed E-state index contributed by atoms with van der Waals surface area (Å²) in [5.41, 5.74) is 1.70. The molecule has 2 atom stereocenters. The van der Waals surface area contributed by atoms with Crippen molar-refractivity contribution in [1.29, 1.82) is 0 Å². The van der Waals surface area contributed by atoms with Crippen LogP contribution in [0.15, 0.2) is 23.7 Å². The number of nitrogens with zero attached hydrogens (tertiary/aromatic N) is 1. The molecule has 0 aromatic carbocycles. The first kappa shape index (κ1) is 17.7. The van der Waals surface area contributed by atoms with Gasteiger partial charge in [-0.1, -0.05) is 0 Å². The lowest BCUT2D eigenvalue weighted by Gasteiger charge is -2.23. The molecule has 2 N–H and O–H groups in total. The highest BCUT2D eigenvalue weighted by Gasteiger charge is 2.17. The molecule has 0 radical (unpaired) electrons. The lowest BCUT2D eigenvalue weighted by molar-refractivity contribution is 0.0522. The first-order chi connectivity index (χ1) is 10.7. The molecule has 5 nitrogen and oxygen atoms in total. The molecule has 0 saturated heterocycles. The number of thiophene rings is 1. The summed E-state index contributed by atoms with van der Waals surface area (Å²) in [4.78, 5) is 16.1. The van der Waals surface area contributed by atoms with Crippen LogP contribution in [0.3, 0.4) is 0 Å². The molecular formula is C17H25N3O2S. The highest BCUT2D eigenvalue weighted by atomic mass is 32.1. The number of hydrogen-bond donors (Lipinski definition) is 2. The molecule has 0 aliphatic heterocycles. The number of aromatic nitrogens is 1. The summed E-state index contributed by atoms with van der Waals surface area (Å²) in [5, 5.41) is 8.30. The number of carbonyl (C=O) groups excluding carboxylic acids is 1. The van der Waals surface area contributed by atoms with Crippen molar-refractivity contribution in [2.45, 2.75) is 52.3 Å². The summed E-state index contributed by atoms with van der Waals surface area (Å²) in [7, 11) is 0. The van der Waals surface area contributed by atoms with Crippen LogP contribution < -0.4 is 10.6 Å². The van der Waals surface area contributed by atoms with Crippen molar-refractivity contribution in [2.24, 2.45) is 0 Å². The van der Waals surface area contributed by atoms with Crippen molar-refractivity contribution in [3.05, 3.63) is 29.3 Å². The van der Waals surface area contributed by atoms with Crippen molar-refractivity contribution >= 4 is 27.6 Å². The lowest BCUT2D eigenvalue weighted by Crippen LogP contribution is -2.41. The Hall–Kier alpha value is -1.66. The minimum absolute atomic E-state index is 0.122. The Bertz CT molecular complexity index is 663. The van der Waals surface area contributed by atoms with Crippen LogP contribution in [-0.4, -0.2) is 29.3 Å². The average Bonchev–Trinajstić information content (AvgIpc) is 2.90. The number of hydrogen-bond acceptors (Lipinski definition) is 5. The Morgan fingerprint density at radius 3 is 2.83 bits per heavy atom. The molecule has 0 spiro atoms. The third-order valence-electron chi connectivity index (χ3n) is 3.31. The van der Waals surface area contributed by atoms with Gasteiger partial charge in [0.1, 0.15) is 5.60 Å². The zero-order chi connectivity index (χ0) is 17.0. The zero-order valence-corrected chi connectivity index (χ0v) is 15.2. The first-order valence-electron chi connectivity index (χ1n) is 7.80. The molecule has 0 aliphatic carbocycles. The Labute approximate surface area is 141 Å². The van der Waals surface area contributed by atoms with Crippen molar-refractivity contribution in [3.8, 4) is 0 Å². The molecule has 23 heavy (non-hydrogen) atoms. The maximum Gasteiger partial charge on any atom is 0.407 e. The van der Waals surface area contributed by atoms with E-state index < -0.39 is 5.60 Å². The summed E-state index contributed by atoms with van der Waals surface area (Å²) in [5.74, 6) is 0. The summed E-state index contributed by atoms with van der Waals surface area (Å²) in [6, 6.07) is 4.47. The van der Waals surface area contributed by atoms with E-state index >= 15 is 0 Å². The highest BCUT2D eigenvalue weighted by molar-refractivity contribution is 7.17. The van der Waals surface area contributed by atoms with Gasteiger partial charge in [0, 0.05) is 24.8 Å². The second-order valence-electron chi connectivity index (χ2n) is 6.74. The van der Waals surface area contributed by atoms with Crippen molar-refractivity contribution in [3.63, 3.8) is 0 Å². The molecule has 1 amide bonds. The summed E-state index contributed by atoms with van der Waals surface area (Å²) >= 11 is 1.69. The van der Waals surface area contributed by atoms with Gasteiger partial charge in [-0.3, -0.25) is 4.98 Å². The Kier molecular flexibility index (Phi) is 5.59. The van der Waals surface area contributed by atoms with E-state index in [0.29, 0.717) is 6.54 Å². The summed E-state index contributed by atoms with van der Waals surface area (Å²) in [6.07, 6.45) is 1.52. The van der Waals surface area contributed by atoms with Crippen LogP contribution in [0.2, 0.25) is 0 Å². The third kappa shape index (κ3) is 5.48. The van der Waals surface area contributed by atoms with Crippen molar-refractivity contribution in [1.82, 2.24) is 15.6 Å². The van der Waals surface area contributed by atoms with Gasteiger partial charge >= 0.3 is 6.09 Å². The van der Waals surface area contributed by atoms with Gasteiger partial charge in [-0.05, 0) is 57.7 Å². The number of carbonyl (C=O) groups is 1. The molecule has 2 rings (SSSR count). The largest absolute Gasteiger partial charge is 0.444 e. The third-order valence-corrected chi connectivity index (χ3v) is 4.16. The molecule has 0 saturated carbocycles. The molecule has 2 aromatic rings. The fraction of sp³-hybridized carbons (Fsp3) is 0.529. The van der Waals surface area contributed by atoms with Gasteiger partial charge in [-0.15, -0.1) is 11.3 Å². The van der Waals surface area contributed by atoms with Crippen LogP contribution in [-0.2, 0) is 4.74 Å². The number of nitrogens with one attached hydrogen (secondary N) is 2. The molecule has 0 bridgehead atoms. The first-order valence-corrected chi connectivity index (χ1v) is 8.68. The Morgan fingerprint density at radius 1 is 1.39 bits per heavy atom. The standard InChI is InChI=1S/C17H25N3O2S/c1-11(9-19-16(21)22-17(3,4)5)20-12(2)13-8-15-14(18-10-13)6-7-23-15/h6-8,10-12,20H,9H2,1-5H3,(H,19,21). The maximum absolute atomic E-state index is 11.7. The van der Waals surface area contributed by atoms with Gasteiger partial charge < -0.3 is 15.4 Å². The molecule has 2 aromatic heterocycles. The average molecular weight is 335 g/mol. The van der Waals surface area contributed by atoms with E-state index in [4.69, 9.17) is 4.74 Å². The van der Waals surface area contributed by atoms with E-state index in [1.54, 1.807) is 11.3 Å². The molecule has 2 heterocycles. The van der Waals surface area contributed by atoms with Gasteiger partial charge in [-0.25, -0.2) is 4.79 Å². The second kappa shape index (κ2) is 7.27. The number of fused-ring (bicyclic) bond motifs is 1. The normalized spacial score (nSPS) is 14.5.